The third kappa shape index (κ3) is 4.83. The summed E-state index contributed by atoms with van der Waals surface area (Å²) in [5.41, 5.74) is 6.61. The molecule has 5 nitrogen and oxygen atoms in total. The van der Waals surface area contributed by atoms with Crippen LogP contribution in [0.15, 0.2) is 42.5 Å². The molecule has 0 spiro atoms. The second-order valence-corrected chi connectivity index (χ2v) is 9.17. The molecule has 2 fully saturated rings. The Morgan fingerprint density at radius 2 is 1.97 bits per heavy atom. The van der Waals surface area contributed by atoms with Gasteiger partial charge in [0.15, 0.2) is 0 Å². The third-order valence-electron chi connectivity index (χ3n) is 6.79. The summed E-state index contributed by atoms with van der Waals surface area (Å²) in [6.45, 7) is 2.11. The lowest BCUT2D eigenvalue weighted by atomic mass is 9.84. The first-order valence-corrected chi connectivity index (χ1v) is 11.3. The van der Waals surface area contributed by atoms with Gasteiger partial charge in [0.1, 0.15) is 5.54 Å². The van der Waals surface area contributed by atoms with Gasteiger partial charge >= 0.3 is 0 Å². The number of nitriles is 1. The highest BCUT2D eigenvalue weighted by atomic mass is 16.2. The second kappa shape index (κ2) is 9.16. The van der Waals surface area contributed by atoms with Crippen LogP contribution in [0.4, 0.5) is 0 Å². The van der Waals surface area contributed by atoms with Crippen LogP contribution in [0.2, 0.25) is 0 Å². The number of carbonyl (C=O) groups excluding carboxylic acids is 1. The van der Waals surface area contributed by atoms with Crippen LogP contribution in [-0.2, 0) is 11.3 Å². The van der Waals surface area contributed by atoms with Gasteiger partial charge in [0.2, 0.25) is 5.91 Å². The van der Waals surface area contributed by atoms with Gasteiger partial charge in [-0.2, -0.15) is 5.26 Å². The molecule has 2 aromatic rings. The summed E-state index contributed by atoms with van der Waals surface area (Å²) in [5.74, 6) is 0.375. The molecule has 1 aliphatic heterocycles. The highest BCUT2D eigenvalue weighted by Gasteiger charge is 2.40. The van der Waals surface area contributed by atoms with Crippen LogP contribution >= 0.6 is 0 Å². The molecule has 0 aromatic heterocycles. The minimum Gasteiger partial charge on any atom is -0.335 e. The maximum atomic E-state index is 12.7. The Morgan fingerprint density at radius 1 is 1.20 bits per heavy atom. The molecule has 5 heteroatoms. The standard InChI is InChI=1S/C25H32N4O/c26-17-25(28-24(30)23(27)15-19-6-2-1-3-7-19)12-13-29(18-25)16-20-10-11-21-8-4-5-9-22(21)14-20/h4-5,8-11,14,19,23H,1-3,6-7,12-13,15-16,18,27H2,(H,28,30). The van der Waals surface area contributed by atoms with Gasteiger partial charge in [-0.3, -0.25) is 9.69 Å². The first-order valence-electron chi connectivity index (χ1n) is 11.3. The quantitative estimate of drug-likeness (QED) is 0.769. The van der Waals surface area contributed by atoms with Gasteiger partial charge in [0.25, 0.3) is 0 Å². The summed E-state index contributed by atoms with van der Waals surface area (Å²) < 4.78 is 0. The summed E-state index contributed by atoms with van der Waals surface area (Å²) in [4.78, 5) is 15.0. The first-order chi connectivity index (χ1) is 14.6. The van der Waals surface area contributed by atoms with Gasteiger partial charge in [-0.25, -0.2) is 0 Å². The van der Waals surface area contributed by atoms with E-state index in [-0.39, 0.29) is 5.91 Å². The summed E-state index contributed by atoms with van der Waals surface area (Å²) in [6.07, 6.45) is 7.49. The maximum Gasteiger partial charge on any atom is 0.238 e. The molecule has 1 aliphatic carbocycles. The van der Waals surface area contributed by atoms with Crippen molar-refractivity contribution in [2.24, 2.45) is 11.7 Å². The van der Waals surface area contributed by atoms with Crippen molar-refractivity contribution >= 4 is 16.7 Å². The van der Waals surface area contributed by atoms with Crippen molar-refractivity contribution in [2.75, 3.05) is 13.1 Å². The second-order valence-electron chi connectivity index (χ2n) is 9.17. The van der Waals surface area contributed by atoms with Crippen LogP contribution < -0.4 is 11.1 Å². The number of fused-ring (bicyclic) bond motifs is 1. The maximum absolute atomic E-state index is 12.7. The van der Waals surface area contributed by atoms with E-state index in [0.717, 1.165) is 19.5 Å². The minimum atomic E-state index is -0.835. The highest BCUT2D eigenvalue weighted by Crippen LogP contribution is 2.28. The smallest absolute Gasteiger partial charge is 0.238 e. The number of benzene rings is 2. The van der Waals surface area contributed by atoms with E-state index in [2.05, 4.69) is 52.7 Å². The molecule has 1 saturated heterocycles. The molecule has 2 aromatic carbocycles. The molecule has 2 aliphatic rings. The Labute approximate surface area is 179 Å². The molecular formula is C25H32N4O. The topological polar surface area (TPSA) is 82.1 Å². The van der Waals surface area contributed by atoms with E-state index in [9.17, 15) is 10.1 Å². The minimum absolute atomic E-state index is 0.172. The van der Waals surface area contributed by atoms with E-state index in [4.69, 9.17) is 5.73 Å². The van der Waals surface area contributed by atoms with Gasteiger partial charge in [-0.1, -0.05) is 68.5 Å². The van der Waals surface area contributed by atoms with E-state index in [0.29, 0.717) is 18.9 Å². The molecule has 1 saturated carbocycles. The molecule has 0 radical (unpaired) electrons. The van der Waals surface area contributed by atoms with Crippen LogP contribution in [0.1, 0.15) is 50.5 Å². The lowest BCUT2D eigenvalue weighted by Gasteiger charge is -2.28. The largest absolute Gasteiger partial charge is 0.335 e. The predicted octanol–water partition coefficient (Wildman–Crippen LogP) is 3.72. The summed E-state index contributed by atoms with van der Waals surface area (Å²) in [5, 5.41) is 15.3. The van der Waals surface area contributed by atoms with Crippen molar-refractivity contribution < 1.29 is 4.79 Å². The Hall–Kier alpha value is -2.42. The van der Waals surface area contributed by atoms with Crippen molar-refractivity contribution in [2.45, 2.75) is 63.1 Å². The first kappa shape index (κ1) is 20.8. The average molecular weight is 405 g/mol. The molecule has 2 unspecified atom stereocenters. The van der Waals surface area contributed by atoms with E-state index < -0.39 is 11.6 Å². The molecule has 0 bridgehead atoms. The normalized spacial score (nSPS) is 23.9. The number of nitrogens with one attached hydrogen (secondary N) is 1. The summed E-state index contributed by atoms with van der Waals surface area (Å²) in [6, 6.07) is 16.7. The number of hydrogen-bond acceptors (Lipinski definition) is 4. The Bertz CT molecular complexity index is 930. The number of likely N-dealkylation sites (tertiary alicyclic amines) is 1. The summed E-state index contributed by atoms with van der Waals surface area (Å²) >= 11 is 0. The van der Waals surface area contributed by atoms with Crippen molar-refractivity contribution in [3.8, 4) is 6.07 Å². The van der Waals surface area contributed by atoms with Gasteiger partial charge in [0.05, 0.1) is 12.1 Å². The zero-order chi connectivity index (χ0) is 21.0. The van der Waals surface area contributed by atoms with Crippen LogP contribution in [0.25, 0.3) is 10.8 Å². The van der Waals surface area contributed by atoms with Crippen LogP contribution in [0.3, 0.4) is 0 Å². The fourth-order valence-corrected chi connectivity index (χ4v) is 5.06. The Kier molecular flexibility index (Phi) is 6.36. The number of amides is 1. The van der Waals surface area contributed by atoms with Crippen molar-refractivity contribution in [3.63, 3.8) is 0 Å². The molecule has 1 heterocycles. The molecule has 30 heavy (non-hydrogen) atoms. The predicted molar refractivity (Wildman–Crippen MR) is 119 cm³/mol. The van der Waals surface area contributed by atoms with Crippen molar-refractivity contribution in [1.29, 1.82) is 5.26 Å². The zero-order valence-electron chi connectivity index (χ0n) is 17.6. The van der Waals surface area contributed by atoms with Crippen LogP contribution in [0.5, 0.6) is 0 Å². The van der Waals surface area contributed by atoms with Gasteiger partial charge in [-0.15, -0.1) is 0 Å². The van der Waals surface area contributed by atoms with Gasteiger partial charge in [0, 0.05) is 19.6 Å². The van der Waals surface area contributed by atoms with Crippen LogP contribution in [-0.4, -0.2) is 35.5 Å². The van der Waals surface area contributed by atoms with Crippen molar-refractivity contribution in [3.05, 3.63) is 48.0 Å². The average Bonchev–Trinajstić information content (AvgIpc) is 3.17. The highest BCUT2D eigenvalue weighted by molar-refractivity contribution is 5.83. The number of nitrogens with two attached hydrogens (primary N) is 1. The molecule has 3 N–H and O–H groups in total. The zero-order valence-corrected chi connectivity index (χ0v) is 17.6. The molecule has 1 amide bonds. The Balaban J connectivity index is 1.35. The number of nitrogens with zero attached hydrogens (tertiary/aromatic N) is 2. The van der Waals surface area contributed by atoms with E-state index in [1.165, 1.54) is 48.4 Å². The number of carbonyl (C=O) groups is 1. The summed E-state index contributed by atoms with van der Waals surface area (Å²) in [7, 11) is 0. The van der Waals surface area contributed by atoms with E-state index in [1.807, 2.05) is 6.07 Å². The third-order valence-corrected chi connectivity index (χ3v) is 6.79. The SMILES string of the molecule is N#CC1(NC(=O)C(N)CC2CCCCC2)CCN(Cc2ccc3ccccc3c2)C1. The lowest BCUT2D eigenvalue weighted by molar-refractivity contribution is -0.124. The fourth-order valence-electron chi connectivity index (χ4n) is 5.06. The Morgan fingerprint density at radius 3 is 2.73 bits per heavy atom. The fraction of sp³-hybridized carbons (Fsp3) is 0.520. The van der Waals surface area contributed by atoms with Crippen molar-refractivity contribution in [1.82, 2.24) is 10.2 Å². The number of rotatable bonds is 6. The molecule has 158 valence electrons. The lowest BCUT2D eigenvalue weighted by Crippen LogP contribution is -2.54. The monoisotopic (exact) mass is 404 g/mol. The van der Waals surface area contributed by atoms with E-state index >= 15 is 0 Å². The molecular weight excluding hydrogens is 372 g/mol. The molecule has 4 rings (SSSR count). The van der Waals surface area contributed by atoms with Crippen LogP contribution in [0, 0.1) is 17.2 Å². The van der Waals surface area contributed by atoms with Gasteiger partial charge in [-0.05, 0) is 41.2 Å². The van der Waals surface area contributed by atoms with Gasteiger partial charge < -0.3 is 11.1 Å². The number of hydrogen-bond donors (Lipinski definition) is 2. The molecule has 2 atom stereocenters. The van der Waals surface area contributed by atoms with E-state index in [1.54, 1.807) is 0 Å².